The quantitative estimate of drug-likeness (QED) is 0.717. The number of aryl methyl sites for hydroxylation is 2. The number of nitrogens with one attached hydrogen (secondary N) is 1. The molecule has 0 fully saturated rings. The maximum atomic E-state index is 12.4. The average Bonchev–Trinajstić information content (AvgIpc) is 2.62. The van der Waals surface area contributed by atoms with Crippen molar-refractivity contribution in [3.05, 3.63) is 59.2 Å². The Morgan fingerprint density at radius 3 is 2.21 bits per heavy atom. The molecule has 0 aliphatic carbocycles. The Hall–Kier alpha value is -2.87. The molecule has 0 aliphatic heterocycles. The van der Waals surface area contributed by atoms with Crippen LogP contribution in [0.25, 0.3) is 0 Å². The molecule has 0 unspecified atom stereocenters. The van der Waals surface area contributed by atoms with E-state index in [0.29, 0.717) is 16.9 Å². The molecule has 150 valence electrons. The number of carbonyl (C=O) groups excluding carboxylic acids is 2. The summed E-state index contributed by atoms with van der Waals surface area (Å²) in [5.41, 5.74) is 3.21. The number of sulfonamides is 1. The van der Waals surface area contributed by atoms with Crippen LogP contribution in [-0.4, -0.2) is 39.7 Å². The summed E-state index contributed by atoms with van der Waals surface area (Å²) < 4.78 is 30.3. The molecule has 0 saturated carbocycles. The van der Waals surface area contributed by atoms with Crippen LogP contribution in [0.4, 0.5) is 11.4 Å². The van der Waals surface area contributed by atoms with Crippen molar-refractivity contribution < 1.29 is 22.7 Å². The summed E-state index contributed by atoms with van der Waals surface area (Å²) in [7, 11) is -3.65. The molecule has 0 radical (unpaired) electrons. The highest BCUT2D eigenvalue weighted by atomic mass is 32.2. The van der Waals surface area contributed by atoms with Crippen LogP contribution in [0.1, 0.15) is 28.4 Å². The SMILES string of the molecule is CCOC(=O)c1ccc(NC(=O)CN(c2ccc(C)c(C)c2)S(C)(=O)=O)cc1. The molecule has 2 aromatic carbocycles. The number of ether oxygens (including phenoxy) is 1. The maximum absolute atomic E-state index is 12.4. The van der Waals surface area contributed by atoms with Crippen molar-refractivity contribution in [2.45, 2.75) is 20.8 Å². The van der Waals surface area contributed by atoms with Crippen molar-refractivity contribution in [2.24, 2.45) is 0 Å². The predicted octanol–water partition coefficient (Wildman–Crippen LogP) is 2.88. The maximum Gasteiger partial charge on any atom is 0.338 e. The number of hydrogen-bond donors (Lipinski definition) is 1. The molecule has 1 N–H and O–H groups in total. The molecule has 0 atom stereocenters. The molecular weight excluding hydrogens is 380 g/mol. The average molecular weight is 404 g/mol. The van der Waals surface area contributed by atoms with Gasteiger partial charge in [-0.15, -0.1) is 0 Å². The molecule has 0 bridgehead atoms. The lowest BCUT2D eigenvalue weighted by Crippen LogP contribution is -2.37. The number of benzene rings is 2. The van der Waals surface area contributed by atoms with E-state index in [1.165, 1.54) is 12.1 Å². The number of esters is 1. The summed E-state index contributed by atoms with van der Waals surface area (Å²) in [6.45, 7) is 5.44. The van der Waals surface area contributed by atoms with Gasteiger partial charge in [-0.05, 0) is 68.3 Å². The number of carbonyl (C=O) groups is 2. The van der Waals surface area contributed by atoms with Gasteiger partial charge >= 0.3 is 5.97 Å². The van der Waals surface area contributed by atoms with E-state index in [1.807, 2.05) is 19.9 Å². The van der Waals surface area contributed by atoms with E-state index >= 15 is 0 Å². The summed E-state index contributed by atoms with van der Waals surface area (Å²) in [6.07, 6.45) is 1.06. The lowest BCUT2D eigenvalue weighted by molar-refractivity contribution is -0.114. The van der Waals surface area contributed by atoms with E-state index in [9.17, 15) is 18.0 Å². The molecule has 0 aliphatic rings. The third kappa shape index (κ3) is 5.56. The summed E-state index contributed by atoms with van der Waals surface area (Å²) in [5.74, 6) is -0.939. The lowest BCUT2D eigenvalue weighted by atomic mass is 10.1. The van der Waals surface area contributed by atoms with Gasteiger partial charge < -0.3 is 10.1 Å². The van der Waals surface area contributed by atoms with Gasteiger partial charge in [0.25, 0.3) is 0 Å². The highest BCUT2D eigenvalue weighted by Gasteiger charge is 2.21. The van der Waals surface area contributed by atoms with Gasteiger partial charge in [0.1, 0.15) is 6.54 Å². The van der Waals surface area contributed by atoms with Crippen molar-refractivity contribution in [3.63, 3.8) is 0 Å². The van der Waals surface area contributed by atoms with Gasteiger partial charge in [0, 0.05) is 5.69 Å². The topological polar surface area (TPSA) is 92.8 Å². The molecule has 8 heteroatoms. The van der Waals surface area contributed by atoms with Crippen LogP contribution in [0.3, 0.4) is 0 Å². The third-order valence-corrected chi connectivity index (χ3v) is 5.29. The molecule has 28 heavy (non-hydrogen) atoms. The zero-order valence-corrected chi connectivity index (χ0v) is 17.2. The minimum atomic E-state index is -3.65. The molecule has 0 aromatic heterocycles. The second-order valence-corrected chi connectivity index (χ2v) is 8.29. The number of nitrogens with zero attached hydrogens (tertiary/aromatic N) is 1. The lowest BCUT2D eigenvalue weighted by Gasteiger charge is -2.22. The number of hydrogen-bond acceptors (Lipinski definition) is 5. The fraction of sp³-hybridized carbons (Fsp3) is 0.300. The Morgan fingerprint density at radius 1 is 1.04 bits per heavy atom. The Balaban J connectivity index is 2.14. The van der Waals surface area contributed by atoms with Gasteiger partial charge in [-0.25, -0.2) is 13.2 Å². The van der Waals surface area contributed by atoms with Crippen molar-refractivity contribution in [2.75, 3.05) is 29.0 Å². The van der Waals surface area contributed by atoms with Crippen LogP contribution in [0.2, 0.25) is 0 Å². The monoisotopic (exact) mass is 404 g/mol. The highest BCUT2D eigenvalue weighted by Crippen LogP contribution is 2.21. The Labute approximate surface area is 165 Å². The molecule has 2 aromatic rings. The van der Waals surface area contributed by atoms with Gasteiger partial charge in [0.2, 0.25) is 15.9 Å². The van der Waals surface area contributed by atoms with Gasteiger partial charge in [-0.2, -0.15) is 0 Å². The molecule has 7 nitrogen and oxygen atoms in total. The number of rotatable bonds is 7. The molecular formula is C20H24N2O5S. The van der Waals surface area contributed by atoms with Crippen LogP contribution in [0, 0.1) is 13.8 Å². The smallest absolute Gasteiger partial charge is 0.338 e. The van der Waals surface area contributed by atoms with E-state index in [1.54, 1.807) is 31.2 Å². The minimum absolute atomic E-state index is 0.275. The van der Waals surface area contributed by atoms with E-state index in [4.69, 9.17) is 4.74 Å². The van der Waals surface area contributed by atoms with E-state index < -0.39 is 21.9 Å². The van der Waals surface area contributed by atoms with Crippen molar-refractivity contribution in [1.82, 2.24) is 0 Å². The molecule has 0 spiro atoms. The van der Waals surface area contributed by atoms with E-state index in [-0.39, 0.29) is 13.2 Å². The minimum Gasteiger partial charge on any atom is -0.462 e. The first kappa shape index (κ1) is 21.4. The zero-order chi connectivity index (χ0) is 20.9. The van der Waals surface area contributed by atoms with Crippen LogP contribution >= 0.6 is 0 Å². The Morgan fingerprint density at radius 2 is 1.68 bits per heavy atom. The Kier molecular flexibility index (Phi) is 6.80. The van der Waals surface area contributed by atoms with Crippen LogP contribution in [0.15, 0.2) is 42.5 Å². The zero-order valence-electron chi connectivity index (χ0n) is 16.4. The molecule has 0 saturated heterocycles. The molecule has 1 amide bonds. The predicted molar refractivity (Wildman–Crippen MR) is 109 cm³/mol. The van der Waals surface area contributed by atoms with Crippen molar-refractivity contribution >= 4 is 33.3 Å². The van der Waals surface area contributed by atoms with Gasteiger partial charge in [0.05, 0.1) is 24.1 Å². The molecule has 2 rings (SSSR count). The third-order valence-electron chi connectivity index (χ3n) is 4.15. The van der Waals surface area contributed by atoms with E-state index in [2.05, 4.69) is 5.32 Å². The fourth-order valence-corrected chi connectivity index (χ4v) is 3.36. The first-order valence-electron chi connectivity index (χ1n) is 8.74. The standard InChI is InChI=1S/C20H24N2O5S/c1-5-27-20(24)16-7-9-17(10-8-16)21-19(23)13-22(28(4,25)26)18-11-6-14(2)15(3)12-18/h6-12H,5,13H2,1-4H3,(H,21,23). The van der Waals surface area contributed by atoms with Crippen molar-refractivity contribution in [1.29, 1.82) is 0 Å². The van der Waals surface area contributed by atoms with E-state index in [0.717, 1.165) is 21.7 Å². The summed E-state index contributed by atoms with van der Waals surface area (Å²) in [4.78, 5) is 24.1. The first-order valence-corrected chi connectivity index (χ1v) is 10.6. The summed E-state index contributed by atoms with van der Waals surface area (Å²) >= 11 is 0. The largest absolute Gasteiger partial charge is 0.462 e. The first-order chi connectivity index (χ1) is 13.1. The second kappa shape index (κ2) is 8.88. The summed E-state index contributed by atoms with van der Waals surface area (Å²) in [5, 5.41) is 2.64. The molecule has 0 heterocycles. The highest BCUT2D eigenvalue weighted by molar-refractivity contribution is 7.92. The second-order valence-electron chi connectivity index (χ2n) is 6.38. The van der Waals surface area contributed by atoms with Crippen LogP contribution in [-0.2, 0) is 19.6 Å². The Bertz CT molecular complexity index is 969. The van der Waals surface area contributed by atoms with Gasteiger partial charge in [-0.3, -0.25) is 9.10 Å². The summed E-state index contributed by atoms with van der Waals surface area (Å²) in [6, 6.07) is 11.4. The normalized spacial score (nSPS) is 11.0. The van der Waals surface area contributed by atoms with Crippen molar-refractivity contribution in [3.8, 4) is 0 Å². The van der Waals surface area contributed by atoms with Crippen LogP contribution < -0.4 is 9.62 Å². The van der Waals surface area contributed by atoms with Gasteiger partial charge in [0.15, 0.2) is 0 Å². The van der Waals surface area contributed by atoms with Gasteiger partial charge in [-0.1, -0.05) is 6.07 Å². The number of anilines is 2. The fourth-order valence-electron chi connectivity index (χ4n) is 2.52. The van der Waals surface area contributed by atoms with Crippen LogP contribution in [0.5, 0.6) is 0 Å². The number of amides is 1.